The van der Waals surface area contributed by atoms with Gasteiger partial charge in [-0.2, -0.15) is 0 Å². The lowest BCUT2D eigenvalue weighted by Crippen LogP contribution is -2.49. The summed E-state index contributed by atoms with van der Waals surface area (Å²) < 4.78 is 30.3. The second-order valence-electron chi connectivity index (χ2n) is 9.82. The Labute approximate surface area is 224 Å². The van der Waals surface area contributed by atoms with Crippen LogP contribution in [0.4, 0.5) is 4.39 Å². The van der Waals surface area contributed by atoms with Crippen LogP contribution in [0.2, 0.25) is 0 Å². The maximum atomic E-state index is 13.6. The number of ether oxygens (including phenoxy) is 3. The third kappa shape index (κ3) is 7.25. The number of aromatic nitrogens is 2. The van der Waals surface area contributed by atoms with E-state index < -0.39 is 29.3 Å². The molecule has 0 radical (unpaired) electrons. The van der Waals surface area contributed by atoms with Gasteiger partial charge in [-0.25, -0.2) is 14.4 Å². The van der Waals surface area contributed by atoms with Crippen molar-refractivity contribution in [1.29, 1.82) is 0 Å². The molecule has 1 aromatic carbocycles. The summed E-state index contributed by atoms with van der Waals surface area (Å²) in [5.74, 6) is -0.916. The monoisotopic (exact) mass is 545 g/mol. The number of nitrogens with one attached hydrogen (secondary N) is 2. The average molecular weight is 546 g/mol. The first-order valence-corrected chi connectivity index (χ1v) is 12.5. The van der Waals surface area contributed by atoms with Crippen molar-refractivity contribution >= 4 is 17.5 Å². The molecular weight excluding hydrogens is 513 g/mol. The van der Waals surface area contributed by atoms with Gasteiger partial charge in [-0.15, -0.1) is 0 Å². The Morgan fingerprint density at radius 3 is 2.64 bits per heavy atom. The third-order valence-electron chi connectivity index (χ3n) is 6.18. The molecule has 12 nitrogen and oxygen atoms in total. The maximum Gasteiger partial charge on any atom is 0.270 e. The molecule has 3 heterocycles. The second-order valence-corrected chi connectivity index (χ2v) is 9.82. The highest BCUT2D eigenvalue weighted by molar-refractivity contribution is 6.02. The number of carbonyl (C=O) groups is 2. The van der Waals surface area contributed by atoms with Gasteiger partial charge in [-0.1, -0.05) is 11.2 Å². The maximum absolute atomic E-state index is 13.6. The van der Waals surface area contributed by atoms with Crippen LogP contribution in [0.25, 0.3) is 0 Å². The zero-order valence-electron chi connectivity index (χ0n) is 22.2. The number of oxime groups is 1. The lowest BCUT2D eigenvalue weighted by Gasteiger charge is -2.32. The van der Waals surface area contributed by atoms with Gasteiger partial charge in [0.2, 0.25) is 0 Å². The van der Waals surface area contributed by atoms with Crippen molar-refractivity contribution in [3.63, 3.8) is 0 Å². The molecule has 4 rings (SSSR count). The van der Waals surface area contributed by atoms with Crippen molar-refractivity contribution in [2.75, 3.05) is 26.9 Å². The Morgan fingerprint density at radius 2 is 1.95 bits per heavy atom. The minimum absolute atomic E-state index is 0.0936. The Morgan fingerprint density at radius 1 is 1.15 bits per heavy atom. The zero-order valence-corrected chi connectivity index (χ0v) is 22.2. The standard InChI is InChI=1S/C26H32FN5O7/c1-14-30-18(8-20(31-14)24(33)28-10-15-5-6-17(27)21(7-15)36-4)19-9-22(39-32-19)23-13-37-16(12-38-23)11-29-25(34)26(2,3)35/h5-8,16,22-23,35H,9-13H2,1-4H3,(H,28,33)(H,29,34)/t16-,22+,23-/m1/s1. The van der Waals surface area contributed by atoms with Crippen molar-refractivity contribution in [3.05, 3.63) is 52.9 Å². The summed E-state index contributed by atoms with van der Waals surface area (Å²) in [5.41, 5.74) is 0.361. The van der Waals surface area contributed by atoms with Crippen LogP contribution in [0.5, 0.6) is 5.75 Å². The number of hydrogen-bond acceptors (Lipinski definition) is 10. The van der Waals surface area contributed by atoms with Crippen LogP contribution < -0.4 is 15.4 Å². The first-order chi connectivity index (χ1) is 18.5. The van der Waals surface area contributed by atoms with E-state index in [0.29, 0.717) is 29.2 Å². The molecule has 2 aliphatic rings. The summed E-state index contributed by atoms with van der Waals surface area (Å²) in [6.45, 7) is 5.33. The van der Waals surface area contributed by atoms with Crippen molar-refractivity contribution < 1.29 is 38.1 Å². The topological polar surface area (TPSA) is 153 Å². The summed E-state index contributed by atoms with van der Waals surface area (Å²) in [7, 11) is 1.37. The van der Waals surface area contributed by atoms with Gasteiger partial charge in [0.05, 0.1) is 32.1 Å². The van der Waals surface area contributed by atoms with E-state index in [1.807, 2.05) is 0 Å². The van der Waals surface area contributed by atoms with Crippen molar-refractivity contribution in [1.82, 2.24) is 20.6 Å². The number of halogens is 1. The Bertz CT molecular complexity index is 1240. The molecular formula is C26H32FN5O7. The normalized spacial score (nSPS) is 21.1. The highest BCUT2D eigenvalue weighted by Gasteiger charge is 2.36. The molecule has 2 amide bonds. The molecule has 0 unspecified atom stereocenters. The van der Waals surface area contributed by atoms with Gasteiger partial charge in [0.15, 0.2) is 17.7 Å². The summed E-state index contributed by atoms with van der Waals surface area (Å²) in [5, 5.41) is 19.3. The van der Waals surface area contributed by atoms with Crippen LogP contribution in [-0.4, -0.2) is 83.4 Å². The summed E-state index contributed by atoms with van der Waals surface area (Å²) in [6.07, 6.45) is -0.754. The molecule has 0 aliphatic carbocycles. The molecule has 1 fully saturated rings. The molecule has 1 aromatic heterocycles. The van der Waals surface area contributed by atoms with Gasteiger partial charge in [-0.3, -0.25) is 9.59 Å². The molecule has 39 heavy (non-hydrogen) atoms. The Kier molecular flexibility index (Phi) is 8.73. The Hall–Kier alpha value is -3.68. The molecule has 2 aliphatic heterocycles. The fourth-order valence-electron chi connectivity index (χ4n) is 3.98. The number of amides is 2. The minimum Gasteiger partial charge on any atom is -0.494 e. The summed E-state index contributed by atoms with van der Waals surface area (Å²) >= 11 is 0. The van der Waals surface area contributed by atoms with Gasteiger partial charge in [0, 0.05) is 19.5 Å². The zero-order chi connectivity index (χ0) is 28.2. The number of benzene rings is 1. The van der Waals surface area contributed by atoms with E-state index >= 15 is 0 Å². The molecule has 0 saturated carbocycles. The van der Waals surface area contributed by atoms with Crippen LogP contribution in [0.3, 0.4) is 0 Å². The van der Waals surface area contributed by atoms with Crippen LogP contribution >= 0.6 is 0 Å². The molecule has 3 N–H and O–H groups in total. The SMILES string of the molecule is COc1cc(CNC(=O)c2cc(C3=NO[C@H]([C@H]4CO[C@H](CNC(=O)C(C)(C)O)CO4)C3)nc(C)n2)ccc1F. The van der Waals surface area contributed by atoms with Crippen molar-refractivity contribution in [2.24, 2.45) is 5.16 Å². The highest BCUT2D eigenvalue weighted by atomic mass is 19.1. The first kappa shape index (κ1) is 28.3. The predicted molar refractivity (Wildman–Crippen MR) is 136 cm³/mol. The number of nitrogens with zero attached hydrogens (tertiary/aromatic N) is 3. The van der Waals surface area contributed by atoms with Gasteiger partial charge in [-0.05, 0) is 44.5 Å². The summed E-state index contributed by atoms with van der Waals surface area (Å²) in [6, 6.07) is 5.89. The number of aryl methyl sites for hydroxylation is 1. The molecule has 1 saturated heterocycles. The number of aliphatic hydroxyl groups is 1. The van der Waals surface area contributed by atoms with E-state index in [2.05, 4.69) is 25.8 Å². The van der Waals surface area contributed by atoms with Crippen LogP contribution in [0, 0.1) is 12.7 Å². The largest absolute Gasteiger partial charge is 0.494 e. The Balaban J connectivity index is 1.30. The van der Waals surface area contributed by atoms with Crippen LogP contribution in [-0.2, 0) is 25.7 Å². The van der Waals surface area contributed by atoms with Gasteiger partial charge in [0.25, 0.3) is 11.8 Å². The van der Waals surface area contributed by atoms with Gasteiger partial charge >= 0.3 is 0 Å². The minimum atomic E-state index is -1.47. The fourth-order valence-corrected chi connectivity index (χ4v) is 3.98. The molecule has 2 aromatic rings. The smallest absolute Gasteiger partial charge is 0.270 e. The molecule has 13 heteroatoms. The quantitative estimate of drug-likeness (QED) is 0.419. The molecule has 0 spiro atoms. The molecule has 3 atom stereocenters. The van der Waals surface area contributed by atoms with Crippen LogP contribution in [0.15, 0.2) is 29.4 Å². The van der Waals surface area contributed by atoms with E-state index in [9.17, 15) is 19.1 Å². The van der Waals surface area contributed by atoms with Crippen molar-refractivity contribution in [2.45, 2.75) is 57.6 Å². The lowest BCUT2D eigenvalue weighted by molar-refractivity contribution is -0.171. The average Bonchev–Trinajstić information content (AvgIpc) is 3.41. The third-order valence-corrected chi connectivity index (χ3v) is 6.18. The van der Waals surface area contributed by atoms with Gasteiger partial charge in [0.1, 0.15) is 28.9 Å². The predicted octanol–water partition coefficient (Wildman–Crippen LogP) is 1.03. The van der Waals surface area contributed by atoms with Crippen molar-refractivity contribution in [3.8, 4) is 5.75 Å². The van der Waals surface area contributed by atoms with E-state index in [4.69, 9.17) is 19.0 Å². The van der Waals surface area contributed by atoms with E-state index in [0.717, 1.165) is 0 Å². The highest BCUT2D eigenvalue weighted by Crippen LogP contribution is 2.23. The second kappa shape index (κ2) is 12.0. The summed E-state index contributed by atoms with van der Waals surface area (Å²) in [4.78, 5) is 38.9. The molecule has 210 valence electrons. The fraction of sp³-hybridized carbons (Fsp3) is 0.500. The number of methoxy groups -OCH3 is 1. The van der Waals surface area contributed by atoms with Gasteiger partial charge < -0.3 is 34.8 Å². The lowest BCUT2D eigenvalue weighted by atomic mass is 10.0. The number of hydrogen-bond donors (Lipinski definition) is 3. The number of carbonyl (C=O) groups excluding carboxylic acids is 2. The first-order valence-electron chi connectivity index (χ1n) is 12.5. The van der Waals surface area contributed by atoms with Crippen LogP contribution in [0.1, 0.15) is 47.8 Å². The molecule has 0 bridgehead atoms. The number of rotatable bonds is 9. The van der Waals surface area contributed by atoms with E-state index in [-0.39, 0.29) is 50.0 Å². The van der Waals surface area contributed by atoms with E-state index in [1.54, 1.807) is 13.0 Å². The van der Waals surface area contributed by atoms with E-state index in [1.165, 1.54) is 39.2 Å².